The van der Waals surface area contributed by atoms with Crippen LogP contribution < -0.4 is 0 Å². The van der Waals surface area contributed by atoms with Crippen LogP contribution in [0.1, 0.15) is 41.9 Å². The summed E-state index contributed by atoms with van der Waals surface area (Å²) in [6.07, 6.45) is 3.81. The smallest absolute Gasteiger partial charge is 0.306 e. The second-order valence-corrected chi connectivity index (χ2v) is 5.23. The van der Waals surface area contributed by atoms with E-state index in [4.69, 9.17) is 18.3 Å². The number of aryl methyl sites for hydroxylation is 2. The van der Waals surface area contributed by atoms with Crippen molar-refractivity contribution >= 4 is 11.9 Å². The molecular weight excluding hydrogens is 300 g/mol. The number of hydrogen-bond donors (Lipinski definition) is 0. The molecule has 0 aromatic carbocycles. The molecule has 0 fully saturated rings. The van der Waals surface area contributed by atoms with Crippen molar-refractivity contribution in [1.82, 2.24) is 0 Å². The van der Waals surface area contributed by atoms with Crippen LogP contribution in [0.2, 0.25) is 0 Å². The Kier molecular flexibility index (Phi) is 6.02. The summed E-state index contributed by atoms with van der Waals surface area (Å²) < 4.78 is 20.5. The van der Waals surface area contributed by atoms with Crippen LogP contribution in [0.15, 0.2) is 33.5 Å². The van der Waals surface area contributed by atoms with Crippen LogP contribution in [-0.2, 0) is 32.3 Å². The van der Waals surface area contributed by atoms with Crippen molar-refractivity contribution in [2.24, 2.45) is 0 Å². The molecule has 0 amide bonds. The van der Waals surface area contributed by atoms with Gasteiger partial charge in [0.15, 0.2) is 0 Å². The molecule has 0 saturated carbocycles. The van der Waals surface area contributed by atoms with Crippen LogP contribution >= 0.6 is 0 Å². The van der Waals surface area contributed by atoms with Crippen LogP contribution in [0.25, 0.3) is 0 Å². The summed E-state index contributed by atoms with van der Waals surface area (Å²) in [4.78, 5) is 23.2. The summed E-state index contributed by atoms with van der Waals surface area (Å²) in [5.74, 6) is 0.532. The average Bonchev–Trinajstić information content (AvgIpc) is 3.11. The van der Waals surface area contributed by atoms with Crippen molar-refractivity contribution in [3.63, 3.8) is 0 Å². The highest BCUT2D eigenvalue weighted by atomic mass is 16.5. The maximum absolute atomic E-state index is 11.6. The van der Waals surface area contributed by atoms with Gasteiger partial charge in [-0.25, -0.2) is 0 Å². The number of carbonyl (C=O) groups is 2. The monoisotopic (exact) mass is 320 g/mol. The van der Waals surface area contributed by atoms with Crippen LogP contribution in [0.3, 0.4) is 0 Å². The number of esters is 2. The van der Waals surface area contributed by atoms with E-state index in [0.717, 1.165) is 11.1 Å². The Morgan fingerprint density at radius 2 is 1.30 bits per heavy atom. The van der Waals surface area contributed by atoms with Crippen molar-refractivity contribution in [2.75, 3.05) is 0 Å². The van der Waals surface area contributed by atoms with Gasteiger partial charge >= 0.3 is 11.9 Å². The highest BCUT2D eigenvalue weighted by Gasteiger charge is 2.11. The molecule has 0 bridgehead atoms. The lowest BCUT2D eigenvalue weighted by atomic mass is 10.2. The molecule has 2 heterocycles. The Labute approximate surface area is 134 Å². The third kappa shape index (κ3) is 5.32. The fourth-order valence-electron chi connectivity index (χ4n) is 1.92. The molecule has 0 aliphatic heterocycles. The summed E-state index contributed by atoms with van der Waals surface area (Å²) >= 11 is 0. The van der Waals surface area contributed by atoms with E-state index < -0.39 is 0 Å². The molecule has 124 valence electrons. The highest BCUT2D eigenvalue weighted by Crippen LogP contribution is 2.12. The van der Waals surface area contributed by atoms with Crippen molar-refractivity contribution in [1.29, 1.82) is 0 Å². The summed E-state index contributed by atoms with van der Waals surface area (Å²) in [5.41, 5.74) is 1.88. The van der Waals surface area contributed by atoms with Gasteiger partial charge in [0, 0.05) is 12.8 Å². The molecule has 0 spiro atoms. The molecule has 0 radical (unpaired) electrons. The van der Waals surface area contributed by atoms with E-state index >= 15 is 0 Å². The Balaban J connectivity index is 1.58. The van der Waals surface area contributed by atoms with Crippen molar-refractivity contribution in [3.8, 4) is 0 Å². The SMILES string of the molecule is Cc1ccoc1COC(=O)CCCC(=O)OCc1occc1C. The van der Waals surface area contributed by atoms with Crippen LogP contribution in [0.4, 0.5) is 0 Å². The van der Waals surface area contributed by atoms with E-state index in [1.807, 2.05) is 13.8 Å². The zero-order valence-electron chi connectivity index (χ0n) is 13.3. The van der Waals surface area contributed by atoms with Gasteiger partial charge in [0.05, 0.1) is 12.5 Å². The highest BCUT2D eigenvalue weighted by molar-refractivity contribution is 5.72. The third-order valence-electron chi connectivity index (χ3n) is 3.43. The van der Waals surface area contributed by atoms with E-state index in [1.54, 1.807) is 24.7 Å². The second kappa shape index (κ2) is 8.22. The second-order valence-electron chi connectivity index (χ2n) is 5.23. The largest absolute Gasteiger partial charge is 0.465 e. The van der Waals surface area contributed by atoms with Gasteiger partial charge in [-0.15, -0.1) is 0 Å². The average molecular weight is 320 g/mol. The van der Waals surface area contributed by atoms with Crippen LogP contribution in [0.5, 0.6) is 0 Å². The minimum Gasteiger partial charge on any atom is -0.465 e. The molecule has 0 unspecified atom stereocenters. The zero-order valence-corrected chi connectivity index (χ0v) is 13.3. The quantitative estimate of drug-likeness (QED) is 0.693. The van der Waals surface area contributed by atoms with Crippen LogP contribution in [0, 0.1) is 13.8 Å². The molecule has 0 saturated heterocycles. The Hall–Kier alpha value is -2.50. The predicted octanol–water partition coefficient (Wildman–Crippen LogP) is 3.45. The first-order chi connectivity index (χ1) is 11.1. The number of rotatable bonds is 8. The molecule has 0 aliphatic carbocycles. The molecule has 2 rings (SSSR count). The van der Waals surface area contributed by atoms with E-state index in [1.165, 1.54) is 0 Å². The lowest BCUT2D eigenvalue weighted by Crippen LogP contribution is -2.08. The van der Waals surface area contributed by atoms with Crippen LogP contribution in [-0.4, -0.2) is 11.9 Å². The van der Waals surface area contributed by atoms with E-state index in [2.05, 4.69) is 0 Å². The number of ether oxygens (including phenoxy) is 2. The van der Waals surface area contributed by atoms with Gasteiger partial charge in [-0.2, -0.15) is 0 Å². The summed E-state index contributed by atoms with van der Waals surface area (Å²) in [5, 5.41) is 0. The predicted molar refractivity (Wildman–Crippen MR) is 80.3 cm³/mol. The molecule has 0 N–H and O–H groups in total. The standard InChI is InChI=1S/C17H20O6/c1-12-6-8-20-14(12)10-22-16(18)4-3-5-17(19)23-11-15-13(2)7-9-21-15/h6-9H,3-5,10-11H2,1-2H3. The summed E-state index contributed by atoms with van der Waals surface area (Å²) in [6.45, 7) is 3.98. The maximum Gasteiger partial charge on any atom is 0.306 e. The first kappa shape index (κ1) is 16.9. The maximum atomic E-state index is 11.6. The third-order valence-corrected chi connectivity index (χ3v) is 3.43. The summed E-state index contributed by atoms with van der Waals surface area (Å²) in [7, 11) is 0. The van der Waals surface area contributed by atoms with Crippen molar-refractivity contribution in [2.45, 2.75) is 46.3 Å². The van der Waals surface area contributed by atoms with Gasteiger partial charge in [-0.1, -0.05) is 0 Å². The molecule has 2 aromatic heterocycles. The molecule has 2 aromatic rings. The van der Waals surface area contributed by atoms with Gasteiger partial charge in [-0.05, 0) is 43.5 Å². The number of carbonyl (C=O) groups excluding carboxylic acids is 2. The van der Waals surface area contributed by atoms with Gasteiger partial charge in [0.2, 0.25) is 0 Å². The van der Waals surface area contributed by atoms with Gasteiger partial charge < -0.3 is 18.3 Å². The van der Waals surface area contributed by atoms with Gasteiger partial charge in [0.25, 0.3) is 0 Å². The Morgan fingerprint density at radius 3 is 1.65 bits per heavy atom. The van der Waals surface area contributed by atoms with Crippen molar-refractivity contribution < 1.29 is 27.9 Å². The zero-order chi connectivity index (χ0) is 16.7. The molecule has 23 heavy (non-hydrogen) atoms. The summed E-state index contributed by atoms with van der Waals surface area (Å²) in [6, 6.07) is 3.61. The minimum absolute atomic E-state index is 0.111. The molecular formula is C17H20O6. The first-order valence-electron chi connectivity index (χ1n) is 7.43. The van der Waals surface area contributed by atoms with E-state index in [-0.39, 0.29) is 38.0 Å². The van der Waals surface area contributed by atoms with Gasteiger partial charge in [0.1, 0.15) is 24.7 Å². The van der Waals surface area contributed by atoms with Gasteiger partial charge in [-0.3, -0.25) is 9.59 Å². The minimum atomic E-state index is -0.365. The normalized spacial score (nSPS) is 10.5. The number of hydrogen-bond acceptors (Lipinski definition) is 6. The number of furan rings is 2. The molecule has 0 aliphatic rings. The van der Waals surface area contributed by atoms with E-state index in [0.29, 0.717) is 17.9 Å². The fourth-order valence-corrected chi connectivity index (χ4v) is 1.92. The molecule has 6 heteroatoms. The van der Waals surface area contributed by atoms with E-state index in [9.17, 15) is 9.59 Å². The lowest BCUT2D eigenvalue weighted by Gasteiger charge is -2.05. The Morgan fingerprint density at radius 1 is 0.870 bits per heavy atom. The fraction of sp³-hybridized carbons (Fsp3) is 0.412. The van der Waals surface area contributed by atoms with Crippen molar-refractivity contribution in [3.05, 3.63) is 47.3 Å². The lowest BCUT2D eigenvalue weighted by molar-refractivity contribution is -0.147. The molecule has 6 nitrogen and oxygen atoms in total. The Bertz CT molecular complexity index is 595. The molecule has 0 atom stereocenters. The topological polar surface area (TPSA) is 78.9 Å². The first-order valence-corrected chi connectivity index (χ1v) is 7.43.